The SMILES string of the molecule is CC1(C2CC2)NC(=O)N(CC(=O)Nc2ccccc2S(=O)(=O)N2CCCCC2)C1=O. The van der Waals surface area contributed by atoms with Gasteiger partial charge in [-0.25, -0.2) is 13.2 Å². The molecule has 3 fully saturated rings. The molecule has 3 aliphatic rings. The van der Waals surface area contributed by atoms with Gasteiger partial charge in [0.05, 0.1) is 5.69 Å². The Morgan fingerprint density at radius 1 is 1.17 bits per heavy atom. The summed E-state index contributed by atoms with van der Waals surface area (Å²) in [4.78, 5) is 38.5. The molecule has 1 unspecified atom stereocenters. The first-order chi connectivity index (χ1) is 14.2. The molecule has 0 radical (unpaired) electrons. The molecule has 30 heavy (non-hydrogen) atoms. The van der Waals surface area contributed by atoms with Crippen LogP contribution in [-0.2, 0) is 19.6 Å². The van der Waals surface area contributed by atoms with Gasteiger partial charge in [-0.1, -0.05) is 18.6 Å². The fraction of sp³-hybridized carbons (Fsp3) is 0.550. The van der Waals surface area contributed by atoms with Crippen molar-refractivity contribution in [3.05, 3.63) is 24.3 Å². The molecule has 2 heterocycles. The summed E-state index contributed by atoms with van der Waals surface area (Å²) >= 11 is 0. The Bertz CT molecular complexity index is 985. The molecule has 4 amide bonds. The highest BCUT2D eigenvalue weighted by Crippen LogP contribution is 2.42. The molecule has 2 N–H and O–H groups in total. The van der Waals surface area contributed by atoms with Crippen molar-refractivity contribution in [2.24, 2.45) is 5.92 Å². The van der Waals surface area contributed by atoms with Crippen molar-refractivity contribution in [3.63, 3.8) is 0 Å². The molecule has 0 spiro atoms. The largest absolute Gasteiger partial charge is 0.325 e. The zero-order chi connectivity index (χ0) is 21.5. The van der Waals surface area contributed by atoms with Crippen molar-refractivity contribution < 1.29 is 22.8 Å². The van der Waals surface area contributed by atoms with E-state index >= 15 is 0 Å². The lowest BCUT2D eigenvalue weighted by molar-refractivity contribution is -0.134. The Hall–Kier alpha value is -2.46. The number of urea groups is 1. The van der Waals surface area contributed by atoms with Gasteiger partial charge in [0.2, 0.25) is 15.9 Å². The van der Waals surface area contributed by atoms with E-state index in [9.17, 15) is 22.8 Å². The number of carbonyl (C=O) groups is 3. The van der Waals surface area contributed by atoms with E-state index in [1.165, 1.54) is 16.4 Å². The van der Waals surface area contributed by atoms with E-state index in [2.05, 4.69) is 10.6 Å². The highest BCUT2D eigenvalue weighted by atomic mass is 32.2. The van der Waals surface area contributed by atoms with E-state index in [0.717, 1.165) is 37.0 Å². The van der Waals surface area contributed by atoms with Crippen molar-refractivity contribution in [1.29, 1.82) is 0 Å². The Morgan fingerprint density at radius 3 is 2.50 bits per heavy atom. The molecule has 10 heteroatoms. The predicted octanol–water partition coefficient (Wildman–Crippen LogP) is 1.52. The Balaban J connectivity index is 1.49. The van der Waals surface area contributed by atoms with E-state index < -0.39 is 40.0 Å². The maximum atomic E-state index is 13.1. The maximum Gasteiger partial charge on any atom is 0.325 e. The number of sulfonamides is 1. The number of anilines is 1. The van der Waals surface area contributed by atoms with Crippen LogP contribution in [0.3, 0.4) is 0 Å². The van der Waals surface area contributed by atoms with Gasteiger partial charge >= 0.3 is 6.03 Å². The molecule has 1 aliphatic carbocycles. The minimum Gasteiger partial charge on any atom is -0.323 e. The zero-order valence-electron chi connectivity index (χ0n) is 16.9. The monoisotopic (exact) mass is 434 g/mol. The van der Waals surface area contributed by atoms with E-state index in [1.54, 1.807) is 19.1 Å². The number of nitrogens with zero attached hydrogens (tertiary/aromatic N) is 2. The second-order valence-corrected chi connectivity index (χ2v) is 10.2. The first-order valence-corrected chi connectivity index (χ1v) is 11.7. The highest BCUT2D eigenvalue weighted by Gasteiger charge is 2.56. The topological polar surface area (TPSA) is 116 Å². The van der Waals surface area contributed by atoms with Gasteiger partial charge in [0, 0.05) is 13.1 Å². The minimum absolute atomic E-state index is 0.0141. The third-order valence-electron chi connectivity index (χ3n) is 6.09. The molecule has 4 rings (SSSR count). The number of rotatable bonds is 6. The standard InChI is InChI=1S/C20H26N4O5S/c1-20(14-9-10-14)18(26)24(19(27)22-20)13-17(25)21-15-7-3-4-8-16(15)30(28,29)23-11-5-2-6-12-23/h3-4,7-8,14H,2,5-6,9-13H2,1H3,(H,21,25)(H,22,27). The van der Waals surface area contributed by atoms with Gasteiger partial charge in [0.1, 0.15) is 17.0 Å². The molecule has 1 aromatic carbocycles. The molecular weight excluding hydrogens is 408 g/mol. The van der Waals surface area contributed by atoms with Crippen LogP contribution >= 0.6 is 0 Å². The van der Waals surface area contributed by atoms with Crippen molar-refractivity contribution in [3.8, 4) is 0 Å². The molecular formula is C20H26N4O5S. The number of benzene rings is 1. The van der Waals surface area contributed by atoms with Gasteiger partial charge in [0.15, 0.2) is 0 Å². The van der Waals surface area contributed by atoms with Crippen LogP contribution in [-0.4, -0.2) is 60.6 Å². The van der Waals surface area contributed by atoms with Crippen molar-refractivity contribution >= 4 is 33.6 Å². The molecule has 0 bridgehead atoms. The normalized spacial score (nSPS) is 25.3. The lowest BCUT2D eigenvalue weighted by atomic mass is 9.96. The number of hydrogen-bond donors (Lipinski definition) is 2. The zero-order valence-corrected chi connectivity index (χ0v) is 17.7. The lowest BCUT2D eigenvalue weighted by Gasteiger charge is -2.27. The molecule has 1 aromatic rings. The first-order valence-electron chi connectivity index (χ1n) is 10.3. The summed E-state index contributed by atoms with van der Waals surface area (Å²) < 4.78 is 27.5. The summed E-state index contributed by atoms with van der Waals surface area (Å²) in [6.45, 7) is 2.12. The van der Waals surface area contributed by atoms with Crippen LogP contribution in [0, 0.1) is 5.92 Å². The lowest BCUT2D eigenvalue weighted by Crippen LogP contribution is -2.46. The van der Waals surface area contributed by atoms with Gasteiger partial charge in [0.25, 0.3) is 5.91 Å². The number of hydrogen-bond acceptors (Lipinski definition) is 5. The van der Waals surface area contributed by atoms with Crippen LogP contribution < -0.4 is 10.6 Å². The summed E-state index contributed by atoms with van der Waals surface area (Å²) in [6.07, 6.45) is 4.34. The Morgan fingerprint density at radius 2 is 1.83 bits per heavy atom. The van der Waals surface area contributed by atoms with Crippen LogP contribution in [0.1, 0.15) is 39.0 Å². The molecule has 162 valence electrons. The number of imide groups is 1. The van der Waals surface area contributed by atoms with Crippen LogP contribution in [0.5, 0.6) is 0 Å². The fourth-order valence-electron chi connectivity index (χ4n) is 4.17. The van der Waals surface area contributed by atoms with Crippen LogP contribution in [0.2, 0.25) is 0 Å². The summed E-state index contributed by atoms with van der Waals surface area (Å²) in [5.41, 5.74) is -0.822. The third kappa shape index (κ3) is 3.69. The average Bonchev–Trinajstić information content (AvgIpc) is 3.55. The minimum atomic E-state index is -3.75. The van der Waals surface area contributed by atoms with E-state index in [1.807, 2.05) is 0 Å². The maximum absolute atomic E-state index is 13.1. The predicted molar refractivity (Wildman–Crippen MR) is 109 cm³/mol. The first kappa shape index (κ1) is 20.8. The summed E-state index contributed by atoms with van der Waals surface area (Å²) in [5.74, 6) is -0.948. The van der Waals surface area contributed by atoms with Crippen molar-refractivity contribution in [2.75, 3.05) is 25.0 Å². The third-order valence-corrected chi connectivity index (χ3v) is 8.05. The smallest absolute Gasteiger partial charge is 0.323 e. The quantitative estimate of drug-likeness (QED) is 0.659. The summed E-state index contributed by atoms with van der Waals surface area (Å²) in [6, 6.07) is 5.60. The highest BCUT2D eigenvalue weighted by molar-refractivity contribution is 7.89. The van der Waals surface area contributed by atoms with Gasteiger partial charge < -0.3 is 10.6 Å². The van der Waals surface area contributed by atoms with Crippen molar-refractivity contribution in [1.82, 2.24) is 14.5 Å². The molecule has 2 aliphatic heterocycles. The van der Waals surface area contributed by atoms with Gasteiger partial charge in [-0.2, -0.15) is 4.31 Å². The fourth-order valence-corrected chi connectivity index (χ4v) is 5.83. The van der Waals surface area contributed by atoms with Crippen LogP contribution in [0.15, 0.2) is 29.2 Å². The van der Waals surface area contributed by atoms with Gasteiger partial charge in [-0.05, 0) is 50.7 Å². The van der Waals surface area contributed by atoms with E-state index in [4.69, 9.17) is 0 Å². The number of amides is 4. The summed E-state index contributed by atoms with van der Waals surface area (Å²) in [7, 11) is -3.75. The molecule has 2 saturated heterocycles. The Labute approximate surface area is 175 Å². The average molecular weight is 435 g/mol. The second kappa shape index (κ2) is 7.66. The summed E-state index contributed by atoms with van der Waals surface area (Å²) in [5, 5.41) is 5.27. The second-order valence-electron chi connectivity index (χ2n) is 8.31. The molecule has 9 nitrogen and oxygen atoms in total. The van der Waals surface area contributed by atoms with E-state index in [-0.39, 0.29) is 16.5 Å². The number of para-hydroxylation sites is 1. The number of piperidine rings is 1. The van der Waals surface area contributed by atoms with Crippen LogP contribution in [0.25, 0.3) is 0 Å². The molecule has 1 atom stereocenters. The van der Waals surface area contributed by atoms with E-state index in [0.29, 0.717) is 13.1 Å². The Kier molecular flexibility index (Phi) is 5.31. The molecule has 0 aromatic heterocycles. The van der Waals surface area contributed by atoms with Gasteiger partial charge in [-0.15, -0.1) is 0 Å². The number of nitrogens with one attached hydrogen (secondary N) is 2. The van der Waals surface area contributed by atoms with Crippen LogP contribution in [0.4, 0.5) is 10.5 Å². The van der Waals surface area contributed by atoms with Gasteiger partial charge in [-0.3, -0.25) is 14.5 Å². The molecule has 1 saturated carbocycles. The van der Waals surface area contributed by atoms with Crippen molar-refractivity contribution in [2.45, 2.75) is 49.5 Å². The number of carbonyl (C=O) groups excluding carboxylic acids is 3.